The number of carbonyl (C=O) groups excluding carboxylic acids is 1. The standard InChI is InChI=1S/C10H17NO3/c1-10(2,3)14-9(12)11-5-4-7(11)8-6-13-8/h7-8H,4-6H2,1-3H3. The summed E-state index contributed by atoms with van der Waals surface area (Å²) in [6.45, 7) is 7.25. The van der Waals surface area contributed by atoms with Crippen molar-refractivity contribution in [3.63, 3.8) is 0 Å². The zero-order valence-corrected chi connectivity index (χ0v) is 8.95. The summed E-state index contributed by atoms with van der Waals surface area (Å²) in [6.07, 6.45) is 1.12. The van der Waals surface area contributed by atoms with Gasteiger partial charge in [-0.25, -0.2) is 4.79 Å². The van der Waals surface area contributed by atoms with Gasteiger partial charge in [0.15, 0.2) is 0 Å². The molecule has 2 saturated heterocycles. The normalized spacial score (nSPS) is 30.9. The molecule has 2 rings (SSSR count). The van der Waals surface area contributed by atoms with Crippen molar-refractivity contribution in [1.29, 1.82) is 0 Å². The summed E-state index contributed by atoms with van der Waals surface area (Å²) in [5.41, 5.74) is -0.401. The average Bonchev–Trinajstić information content (AvgIpc) is 2.62. The van der Waals surface area contributed by atoms with Crippen LogP contribution in [-0.2, 0) is 9.47 Å². The predicted octanol–water partition coefficient (Wildman–Crippen LogP) is 1.39. The third-order valence-electron chi connectivity index (χ3n) is 2.48. The molecule has 2 fully saturated rings. The summed E-state index contributed by atoms with van der Waals surface area (Å²) < 4.78 is 10.5. The van der Waals surface area contributed by atoms with Gasteiger partial charge in [-0.05, 0) is 27.2 Å². The molecule has 2 aliphatic heterocycles. The number of hydrogen-bond donors (Lipinski definition) is 0. The second-order valence-electron chi connectivity index (χ2n) is 4.90. The van der Waals surface area contributed by atoms with Crippen molar-refractivity contribution in [2.75, 3.05) is 13.2 Å². The number of carbonyl (C=O) groups is 1. The second kappa shape index (κ2) is 3.12. The van der Waals surface area contributed by atoms with Gasteiger partial charge in [-0.1, -0.05) is 0 Å². The zero-order valence-electron chi connectivity index (χ0n) is 8.95. The van der Waals surface area contributed by atoms with E-state index in [1.165, 1.54) is 0 Å². The molecule has 0 radical (unpaired) electrons. The Balaban J connectivity index is 1.85. The number of ether oxygens (including phenoxy) is 2. The molecule has 0 aromatic carbocycles. The van der Waals surface area contributed by atoms with Gasteiger partial charge in [0.05, 0.1) is 12.6 Å². The summed E-state index contributed by atoms with van der Waals surface area (Å²) in [6, 6.07) is 0.268. The van der Waals surface area contributed by atoms with Crippen LogP contribution in [-0.4, -0.2) is 41.9 Å². The van der Waals surface area contributed by atoms with Crippen molar-refractivity contribution in [2.24, 2.45) is 0 Å². The quantitative estimate of drug-likeness (QED) is 0.599. The number of amides is 1. The molecule has 0 bridgehead atoms. The van der Waals surface area contributed by atoms with Gasteiger partial charge < -0.3 is 14.4 Å². The summed E-state index contributed by atoms with van der Waals surface area (Å²) in [5, 5.41) is 0. The molecular weight excluding hydrogens is 182 g/mol. The molecule has 2 unspecified atom stereocenters. The van der Waals surface area contributed by atoms with Crippen LogP contribution >= 0.6 is 0 Å². The minimum Gasteiger partial charge on any atom is -0.444 e. The first-order valence-corrected chi connectivity index (χ1v) is 5.08. The maximum atomic E-state index is 11.6. The van der Waals surface area contributed by atoms with Crippen molar-refractivity contribution in [3.8, 4) is 0 Å². The highest BCUT2D eigenvalue weighted by Gasteiger charge is 2.45. The molecule has 2 heterocycles. The number of rotatable bonds is 1. The van der Waals surface area contributed by atoms with E-state index < -0.39 is 5.60 Å². The molecule has 0 aliphatic carbocycles. The topological polar surface area (TPSA) is 42.1 Å². The first-order valence-electron chi connectivity index (χ1n) is 5.08. The summed E-state index contributed by atoms with van der Waals surface area (Å²) in [7, 11) is 0. The lowest BCUT2D eigenvalue weighted by Gasteiger charge is -2.40. The van der Waals surface area contributed by atoms with Gasteiger partial charge >= 0.3 is 6.09 Å². The van der Waals surface area contributed by atoms with Crippen LogP contribution in [0.1, 0.15) is 27.2 Å². The molecule has 0 spiro atoms. The smallest absolute Gasteiger partial charge is 0.410 e. The zero-order chi connectivity index (χ0) is 10.3. The first-order chi connectivity index (χ1) is 6.47. The minimum absolute atomic E-state index is 0.204. The Morgan fingerprint density at radius 2 is 2.14 bits per heavy atom. The fraction of sp³-hybridized carbons (Fsp3) is 0.900. The number of hydrogen-bond acceptors (Lipinski definition) is 3. The molecule has 80 valence electrons. The molecule has 0 aromatic rings. The van der Waals surface area contributed by atoms with Gasteiger partial charge in [-0.3, -0.25) is 0 Å². The SMILES string of the molecule is CC(C)(C)OC(=O)N1CCC1C1CO1. The van der Waals surface area contributed by atoms with Gasteiger partial charge in [0.25, 0.3) is 0 Å². The maximum Gasteiger partial charge on any atom is 0.410 e. The van der Waals surface area contributed by atoms with Gasteiger partial charge in [-0.2, -0.15) is 0 Å². The van der Waals surface area contributed by atoms with Crippen LogP contribution in [0.3, 0.4) is 0 Å². The van der Waals surface area contributed by atoms with Gasteiger partial charge in [0.1, 0.15) is 11.7 Å². The third kappa shape index (κ3) is 2.00. The largest absolute Gasteiger partial charge is 0.444 e. The highest BCUT2D eigenvalue weighted by Crippen LogP contribution is 2.30. The van der Waals surface area contributed by atoms with Gasteiger partial charge in [0, 0.05) is 6.54 Å². The first kappa shape index (κ1) is 9.77. The fourth-order valence-corrected chi connectivity index (χ4v) is 1.62. The van der Waals surface area contributed by atoms with Crippen molar-refractivity contribution >= 4 is 6.09 Å². The third-order valence-corrected chi connectivity index (χ3v) is 2.48. The van der Waals surface area contributed by atoms with E-state index >= 15 is 0 Å². The fourth-order valence-electron chi connectivity index (χ4n) is 1.62. The molecule has 2 aliphatic rings. The maximum absolute atomic E-state index is 11.6. The number of likely N-dealkylation sites (tertiary alicyclic amines) is 1. The Bertz CT molecular complexity index is 242. The molecule has 14 heavy (non-hydrogen) atoms. The van der Waals surface area contributed by atoms with E-state index in [4.69, 9.17) is 9.47 Å². The van der Waals surface area contributed by atoms with E-state index in [1.54, 1.807) is 4.90 Å². The Labute approximate surface area is 84.2 Å². The van der Waals surface area contributed by atoms with Crippen LogP contribution < -0.4 is 0 Å². The monoisotopic (exact) mass is 199 g/mol. The Kier molecular flexibility index (Phi) is 2.18. The minimum atomic E-state index is -0.401. The molecular formula is C10H17NO3. The molecule has 4 heteroatoms. The van der Waals surface area contributed by atoms with Crippen LogP contribution in [0.5, 0.6) is 0 Å². The lowest BCUT2D eigenvalue weighted by molar-refractivity contribution is -0.0104. The summed E-state index contributed by atoms with van der Waals surface area (Å²) in [4.78, 5) is 13.4. The summed E-state index contributed by atoms with van der Waals surface area (Å²) >= 11 is 0. The highest BCUT2D eigenvalue weighted by atomic mass is 16.6. The van der Waals surface area contributed by atoms with Gasteiger partial charge in [0.2, 0.25) is 0 Å². The van der Waals surface area contributed by atoms with Crippen molar-refractivity contribution in [2.45, 2.75) is 44.9 Å². The predicted molar refractivity (Wildman–Crippen MR) is 51.1 cm³/mol. The molecule has 1 amide bonds. The molecule has 0 aromatic heterocycles. The molecule has 4 nitrogen and oxygen atoms in total. The Morgan fingerprint density at radius 3 is 2.50 bits per heavy atom. The van der Waals surface area contributed by atoms with Crippen LogP contribution in [0, 0.1) is 0 Å². The van der Waals surface area contributed by atoms with E-state index in [-0.39, 0.29) is 18.2 Å². The Morgan fingerprint density at radius 1 is 1.50 bits per heavy atom. The highest BCUT2D eigenvalue weighted by molar-refractivity contribution is 5.69. The van der Waals surface area contributed by atoms with E-state index in [0.29, 0.717) is 0 Å². The lowest BCUT2D eigenvalue weighted by atomic mass is 10.0. The van der Waals surface area contributed by atoms with E-state index in [0.717, 1.165) is 19.6 Å². The van der Waals surface area contributed by atoms with Gasteiger partial charge in [-0.15, -0.1) is 0 Å². The Hall–Kier alpha value is -0.770. The second-order valence-corrected chi connectivity index (χ2v) is 4.90. The molecule has 2 atom stereocenters. The number of nitrogens with zero attached hydrogens (tertiary/aromatic N) is 1. The van der Waals surface area contributed by atoms with Crippen LogP contribution in [0.15, 0.2) is 0 Å². The van der Waals surface area contributed by atoms with E-state index in [2.05, 4.69) is 0 Å². The van der Waals surface area contributed by atoms with Crippen LogP contribution in [0.25, 0.3) is 0 Å². The molecule has 0 saturated carbocycles. The lowest BCUT2D eigenvalue weighted by Crippen LogP contribution is -2.55. The number of epoxide rings is 1. The van der Waals surface area contributed by atoms with Crippen molar-refractivity contribution in [3.05, 3.63) is 0 Å². The average molecular weight is 199 g/mol. The van der Waals surface area contributed by atoms with Crippen LogP contribution in [0.2, 0.25) is 0 Å². The van der Waals surface area contributed by atoms with E-state index in [9.17, 15) is 4.79 Å². The van der Waals surface area contributed by atoms with Crippen LogP contribution in [0.4, 0.5) is 4.79 Å². The van der Waals surface area contributed by atoms with Crippen molar-refractivity contribution in [1.82, 2.24) is 4.90 Å². The van der Waals surface area contributed by atoms with E-state index in [1.807, 2.05) is 20.8 Å². The van der Waals surface area contributed by atoms with Crippen molar-refractivity contribution < 1.29 is 14.3 Å². The molecule has 0 N–H and O–H groups in total. The summed E-state index contributed by atoms with van der Waals surface area (Å²) in [5.74, 6) is 0.